The Morgan fingerprint density at radius 3 is 2.59 bits per heavy atom. The van der Waals surface area contributed by atoms with Gasteiger partial charge in [-0.15, -0.1) is 0 Å². The van der Waals surface area contributed by atoms with E-state index in [1.54, 1.807) is 7.11 Å². The molecule has 0 radical (unpaired) electrons. The molecule has 1 fully saturated rings. The SMILES string of the molecule is COCC(=O)NCCN1CCN(c2ccccc2OC)CC1. The summed E-state index contributed by atoms with van der Waals surface area (Å²) < 4.78 is 10.2. The summed E-state index contributed by atoms with van der Waals surface area (Å²) in [6, 6.07) is 8.11. The number of para-hydroxylation sites is 2. The lowest BCUT2D eigenvalue weighted by molar-refractivity contribution is -0.124. The molecule has 0 bridgehead atoms. The molecule has 0 aliphatic carbocycles. The summed E-state index contributed by atoms with van der Waals surface area (Å²) in [5.74, 6) is 0.859. The molecule has 1 aliphatic rings. The van der Waals surface area contributed by atoms with Crippen molar-refractivity contribution >= 4 is 11.6 Å². The summed E-state index contributed by atoms with van der Waals surface area (Å²) in [4.78, 5) is 16.0. The molecule has 1 heterocycles. The predicted octanol–water partition coefficient (Wildman–Crippen LogP) is 0.580. The van der Waals surface area contributed by atoms with Gasteiger partial charge in [0.15, 0.2) is 0 Å². The lowest BCUT2D eigenvalue weighted by Crippen LogP contribution is -2.48. The average molecular weight is 307 g/mol. The van der Waals surface area contributed by atoms with Crippen molar-refractivity contribution in [1.29, 1.82) is 0 Å². The molecule has 122 valence electrons. The molecular weight excluding hydrogens is 282 g/mol. The highest BCUT2D eigenvalue weighted by molar-refractivity contribution is 5.77. The molecule has 1 aromatic carbocycles. The van der Waals surface area contributed by atoms with E-state index < -0.39 is 0 Å². The number of benzene rings is 1. The average Bonchev–Trinajstić information content (AvgIpc) is 2.56. The van der Waals surface area contributed by atoms with Gasteiger partial charge in [0.25, 0.3) is 0 Å². The fourth-order valence-electron chi connectivity index (χ4n) is 2.64. The molecule has 0 saturated carbocycles. The molecule has 1 aliphatic heterocycles. The molecule has 0 atom stereocenters. The first-order chi connectivity index (χ1) is 10.7. The van der Waals surface area contributed by atoms with Gasteiger partial charge < -0.3 is 19.7 Å². The van der Waals surface area contributed by atoms with Gasteiger partial charge in [-0.2, -0.15) is 0 Å². The number of nitrogens with zero attached hydrogens (tertiary/aromatic N) is 2. The number of hydrogen-bond donors (Lipinski definition) is 1. The van der Waals surface area contributed by atoms with Crippen LogP contribution in [0.2, 0.25) is 0 Å². The Bertz CT molecular complexity index is 473. The highest BCUT2D eigenvalue weighted by Crippen LogP contribution is 2.28. The van der Waals surface area contributed by atoms with Crippen LogP contribution in [0.5, 0.6) is 5.75 Å². The van der Waals surface area contributed by atoms with Crippen LogP contribution in [0, 0.1) is 0 Å². The number of methoxy groups -OCH3 is 2. The minimum absolute atomic E-state index is 0.0600. The van der Waals surface area contributed by atoms with Crippen LogP contribution in [0.1, 0.15) is 0 Å². The van der Waals surface area contributed by atoms with E-state index in [-0.39, 0.29) is 12.5 Å². The molecule has 1 aromatic rings. The summed E-state index contributed by atoms with van der Waals surface area (Å²) in [7, 11) is 3.23. The Hall–Kier alpha value is -1.79. The molecule has 1 amide bonds. The van der Waals surface area contributed by atoms with E-state index >= 15 is 0 Å². The largest absolute Gasteiger partial charge is 0.495 e. The molecule has 0 aromatic heterocycles. The van der Waals surface area contributed by atoms with Gasteiger partial charge in [0.05, 0.1) is 12.8 Å². The van der Waals surface area contributed by atoms with E-state index in [1.165, 1.54) is 7.11 Å². The highest BCUT2D eigenvalue weighted by atomic mass is 16.5. The Morgan fingerprint density at radius 2 is 1.91 bits per heavy atom. The second-order valence-electron chi connectivity index (χ2n) is 5.28. The zero-order valence-corrected chi connectivity index (χ0v) is 13.4. The van der Waals surface area contributed by atoms with Gasteiger partial charge in [-0.05, 0) is 12.1 Å². The van der Waals surface area contributed by atoms with Crippen molar-refractivity contribution in [3.05, 3.63) is 24.3 Å². The van der Waals surface area contributed by atoms with Gasteiger partial charge in [-0.3, -0.25) is 9.69 Å². The first-order valence-electron chi connectivity index (χ1n) is 7.60. The lowest BCUT2D eigenvalue weighted by atomic mass is 10.2. The Labute approximate surface area is 132 Å². The van der Waals surface area contributed by atoms with Crippen LogP contribution < -0.4 is 15.0 Å². The first-order valence-corrected chi connectivity index (χ1v) is 7.60. The number of hydrogen-bond acceptors (Lipinski definition) is 5. The number of amides is 1. The van der Waals surface area contributed by atoms with E-state index in [9.17, 15) is 4.79 Å². The van der Waals surface area contributed by atoms with E-state index in [0.717, 1.165) is 44.2 Å². The predicted molar refractivity (Wildman–Crippen MR) is 86.5 cm³/mol. The zero-order valence-electron chi connectivity index (χ0n) is 13.4. The molecule has 6 nitrogen and oxygen atoms in total. The topological polar surface area (TPSA) is 54.0 Å². The third-order valence-corrected chi connectivity index (χ3v) is 3.82. The smallest absolute Gasteiger partial charge is 0.246 e. The molecular formula is C16H25N3O3. The monoisotopic (exact) mass is 307 g/mol. The summed E-state index contributed by atoms with van der Waals surface area (Å²) in [5, 5.41) is 2.85. The van der Waals surface area contributed by atoms with Crippen LogP contribution >= 0.6 is 0 Å². The molecule has 0 spiro atoms. The quantitative estimate of drug-likeness (QED) is 0.798. The van der Waals surface area contributed by atoms with Gasteiger partial charge in [-0.25, -0.2) is 0 Å². The molecule has 1 saturated heterocycles. The number of anilines is 1. The van der Waals surface area contributed by atoms with Crippen molar-refractivity contribution in [2.75, 3.05) is 65.0 Å². The Balaban J connectivity index is 1.75. The molecule has 6 heteroatoms. The van der Waals surface area contributed by atoms with Crippen molar-refractivity contribution < 1.29 is 14.3 Å². The number of carbonyl (C=O) groups excluding carboxylic acids is 1. The number of rotatable bonds is 7. The zero-order chi connectivity index (χ0) is 15.8. The van der Waals surface area contributed by atoms with E-state index in [1.807, 2.05) is 18.2 Å². The number of piperazine rings is 1. The molecule has 0 unspecified atom stereocenters. The maximum Gasteiger partial charge on any atom is 0.246 e. The standard InChI is InChI=1S/C16H25N3O3/c1-21-13-16(20)17-7-8-18-9-11-19(12-10-18)14-5-3-4-6-15(14)22-2/h3-6H,7-13H2,1-2H3,(H,17,20). The molecule has 1 N–H and O–H groups in total. The van der Waals surface area contributed by atoms with Crippen LogP contribution in [-0.4, -0.2) is 70.9 Å². The number of ether oxygens (including phenoxy) is 2. The summed E-state index contributed by atoms with van der Waals surface area (Å²) in [6.45, 7) is 5.56. The third-order valence-electron chi connectivity index (χ3n) is 3.82. The van der Waals surface area contributed by atoms with Crippen LogP contribution in [-0.2, 0) is 9.53 Å². The van der Waals surface area contributed by atoms with Gasteiger partial charge in [0, 0.05) is 46.4 Å². The minimum Gasteiger partial charge on any atom is -0.495 e. The van der Waals surface area contributed by atoms with E-state index in [4.69, 9.17) is 9.47 Å². The number of carbonyl (C=O) groups is 1. The fraction of sp³-hybridized carbons (Fsp3) is 0.562. The van der Waals surface area contributed by atoms with Crippen molar-refractivity contribution in [3.8, 4) is 5.75 Å². The molecule has 2 rings (SSSR count). The van der Waals surface area contributed by atoms with Crippen molar-refractivity contribution in [2.45, 2.75) is 0 Å². The maximum absolute atomic E-state index is 11.3. The Morgan fingerprint density at radius 1 is 1.18 bits per heavy atom. The van der Waals surface area contributed by atoms with Crippen molar-refractivity contribution in [2.24, 2.45) is 0 Å². The van der Waals surface area contributed by atoms with Gasteiger partial charge in [0.1, 0.15) is 12.4 Å². The Kier molecular flexibility index (Phi) is 6.48. The normalized spacial score (nSPS) is 15.6. The summed E-state index contributed by atoms with van der Waals surface area (Å²) in [5.41, 5.74) is 1.15. The summed E-state index contributed by atoms with van der Waals surface area (Å²) in [6.07, 6.45) is 0. The highest BCUT2D eigenvalue weighted by Gasteiger charge is 2.19. The maximum atomic E-state index is 11.3. The molecule has 22 heavy (non-hydrogen) atoms. The third kappa shape index (κ3) is 4.61. The van der Waals surface area contributed by atoms with E-state index in [0.29, 0.717) is 6.54 Å². The second-order valence-corrected chi connectivity index (χ2v) is 5.28. The van der Waals surface area contributed by atoms with Crippen LogP contribution in [0.4, 0.5) is 5.69 Å². The first kappa shape index (κ1) is 16.6. The van der Waals surface area contributed by atoms with Crippen molar-refractivity contribution in [3.63, 3.8) is 0 Å². The van der Waals surface area contributed by atoms with Gasteiger partial charge in [0.2, 0.25) is 5.91 Å². The van der Waals surface area contributed by atoms with Crippen LogP contribution in [0.3, 0.4) is 0 Å². The van der Waals surface area contributed by atoms with Gasteiger partial charge in [-0.1, -0.05) is 12.1 Å². The van der Waals surface area contributed by atoms with E-state index in [2.05, 4.69) is 21.2 Å². The van der Waals surface area contributed by atoms with Crippen molar-refractivity contribution in [1.82, 2.24) is 10.2 Å². The fourth-order valence-corrected chi connectivity index (χ4v) is 2.64. The second kappa shape index (κ2) is 8.60. The van der Waals surface area contributed by atoms with Gasteiger partial charge >= 0.3 is 0 Å². The lowest BCUT2D eigenvalue weighted by Gasteiger charge is -2.36. The minimum atomic E-state index is -0.0600. The van der Waals surface area contributed by atoms with Crippen LogP contribution in [0.25, 0.3) is 0 Å². The summed E-state index contributed by atoms with van der Waals surface area (Å²) >= 11 is 0. The number of nitrogens with one attached hydrogen (secondary N) is 1. The van der Waals surface area contributed by atoms with Crippen LogP contribution in [0.15, 0.2) is 24.3 Å².